The number of nitro benzene ring substituents is 1. The second-order valence-corrected chi connectivity index (χ2v) is 5.17. The first-order valence-electron chi connectivity index (χ1n) is 7.15. The third-order valence-corrected chi connectivity index (χ3v) is 3.34. The van der Waals surface area contributed by atoms with Gasteiger partial charge in [0.25, 0.3) is 11.6 Å². The van der Waals surface area contributed by atoms with Crippen LogP contribution in [0.25, 0.3) is 0 Å². The molecule has 1 N–H and O–H groups in total. The van der Waals surface area contributed by atoms with E-state index >= 15 is 0 Å². The zero-order valence-corrected chi connectivity index (χ0v) is 13.2. The average Bonchev–Trinajstić information content (AvgIpc) is 2.55. The summed E-state index contributed by atoms with van der Waals surface area (Å²) in [5.41, 5.74) is 1.53. The van der Waals surface area contributed by atoms with Gasteiger partial charge in [-0.2, -0.15) is 0 Å². The minimum absolute atomic E-state index is 0.0551. The van der Waals surface area contributed by atoms with Gasteiger partial charge in [-0.1, -0.05) is 6.07 Å². The van der Waals surface area contributed by atoms with Gasteiger partial charge < -0.3 is 10.1 Å². The van der Waals surface area contributed by atoms with Gasteiger partial charge in [0.05, 0.1) is 10.6 Å². The third kappa shape index (κ3) is 4.39. The van der Waals surface area contributed by atoms with Crippen molar-refractivity contribution in [1.82, 2.24) is 0 Å². The van der Waals surface area contributed by atoms with Crippen LogP contribution in [0.3, 0.4) is 0 Å². The lowest BCUT2D eigenvalue weighted by molar-refractivity contribution is -0.384. The van der Waals surface area contributed by atoms with Crippen molar-refractivity contribution in [1.29, 1.82) is 0 Å². The summed E-state index contributed by atoms with van der Waals surface area (Å²) in [6.45, 7) is 2.95. The summed E-state index contributed by atoms with van der Waals surface area (Å²) >= 11 is 0. The third-order valence-electron chi connectivity index (χ3n) is 3.34. The summed E-state index contributed by atoms with van der Waals surface area (Å²) in [6.07, 6.45) is 0. The van der Waals surface area contributed by atoms with E-state index in [2.05, 4.69) is 5.32 Å². The van der Waals surface area contributed by atoms with Gasteiger partial charge in [-0.15, -0.1) is 0 Å². The van der Waals surface area contributed by atoms with Crippen molar-refractivity contribution in [3.05, 3.63) is 63.7 Å². The van der Waals surface area contributed by atoms with Crippen LogP contribution in [0.5, 0.6) is 5.75 Å². The van der Waals surface area contributed by atoms with Crippen LogP contribution in [-0.2, 0) is 4.79 Å². The largest absolute Gasteiger partial charge is 0.484 e. The van der Waals surface area contributed by atoms with E-state index < -0.39 is 10.8 Å². The Morgan fingerprint density at radius 3 is 2.42 bits per heavy atom. The Hall–Kier alpha value is -3.22. The van der Waals surface area contributed by atoms with E-state index in [9.17, 15) is 19.7 Å². The maximum absolute atomic E-state index is 11.9. The molecule has 0 heterocycles. The predicted octanol–water partition coefficient (Wildman–Crippen LogP) is 3.12. The zero-order valence-electron chi connectivity index (χ0n) is 13.2. The molecule has 0 aromatic heterocycles. The summed E-state index contributed by atoms with van der Waals surface area (Å²) in [4.78, 5) is 33.4. The minimum atomic E-state index is -0.526. The van der Waals surface area contributed by atoms with E-state index in [-0.39, 0.29) is 18.1 Å². The molecule has 7 nitrogen and oxygen atoms in total. The topological polar surface area (TPSA) is 98.5 Å². The second kappa shape index (κ2) is 7.36. The Morgan fingerprint density at radius 2 is 1.83 bits per heavy atom. The first-order valence-corrected chi connectivity index (χ1v) is 7.15. The molecule has 0 atom stereocenters. The number of carbonyl (C=O) groups excluding carboxylic acids is 2. The Morgan fingerprint density at radius 1 is 1.17 bits per heavy atom. The zero-order chi connectivity index (χ0) is 17.7. The number of aryl methyl sites for hydroxylation is 1. The summed E-state index contributed by atoms with van der Waals surface area (Å²) in [5.74, 6) is -0.0411. The summed E-state index contributed by atoms with van der Waals surface area (Å²) in [5, 5.41) is 13.4. The maximum atomic E-state index is 11.9. The molecule has 2 aromatic rings. The second-order valence-electron chi connectivity index (χ2n) is 5.17. The van der Waals surface area contributed by atoms with E-state index in [1.165, 1.54) is 19.1 Å². The number of ketones is 1. The molecule has 0 aliphatic heterocycles. The fourth-order valence-corrected chi connectivity index (χ4v) is 1.98. The van der Waals surface area contributed by atoms with Crippen molar-refractivity contribution in [2.45, 2.75) is 13.8 Å². The van der Waals surface area contributed by atoms with Crippen LogP contribution in [-0.4, -0.2) is 23.2 Å². The van der Waals surface area contributed by atoms with Gasteiger partial charge in [0, 0.05) is 17.7 Å². The number of nitrogens with one attached hydrogen (secondary N) is 1. The lowest BCUT2D eigenvalue weighted by Gasteiger charge is -2.09. The fraction of sp³-hybridized carbons (Fsp3) is 0.176. The van der Waals surface area contributed by atoms with Crippen molar-refractivity contribution in [2.24, 2.45) is 0 Å². The number of hydrogen-bond donors (Lipinski definition) is 1. The van der Waals surface area contributed by atoms with Gasteiger partial charge in [-0.25, -0.2) is 0 Å². The average molecular weight is 328 g/mol. The van der Waals surface area contributed by atoms with Gasteiger partial charge in [0.2, 0.25) is 0 Å². The molecule has 0 bridgehead atoms. The molecular weight excluding hydrogens is 312 g/mol. The molecular formula is C17H16N2O5. The van der Waals surface area contributed by atoms with E-state index in [1.807, 2.05) is 0 Å². The van der Waals surface area contributed by atoms with Crippen molar-refractivity contribution in [3.63, 3.8) is 0 Å². The Labute approximate surface area is 138 Å². The molecule has 0 fully saturated rings. The SMILES string of the molecule is CC(=O)c1ccc(OCC(=O)Nc2cc([N+](=O)[O-])ccc2C)cc1. The number of benzene rings is 2. The van der Waals surface area contributed by atoms with E-state index in [0.717, 1.165) is 0 Å². The van der Waals surface area contributed by atoms with Crippen LogP contribution in [0, 0.1) is 17.0 Å². The Kier molecular flexibility index (Phi) is 5.26. The molecule has 0 spiro atoms. The molecule has 7 heteroatoms. The van der Waals surface area contributed by atoms with Crippen LogP contribution in [0.15, 0.2) is 42.5 Å². The number of rotatable bonds is 6. The molecule has 0 aliphatic rings. The number of anilines is 1. The normalized spacial score (nSPS) is 10.1. The van der Waals surface area contributed by atoms with Crippen LogP contribution in [0.4, 0.5) is 11.4 Å². The Bertz CT molecular complexity index is 784. The van der Waals surface area contributed by atoms with Crippen LogP contribution < -0.4 is 10.1 Å². The molecule has 0 aliphatic carbocycles. The first-order chi connectivity index (χ1) is 11.4. The summed E-state index contributed by atoms with van der Waals surface area (Å²) < 4.78 is 5.34. The molecule has 0 saturated heterocycles. The van der Waals surface area contributed by atoms with Crippen molar-refractivity contribution in [2.75, 3.05) is 11.9 Å². The molecule has 0 unspecified atom stereocenters. The van der Waals surface area contributed by atoms with Gasteiger partial charge in [-0.3, -0.25) is 19.7 Å². The molecule has 1 amide bonds. The highest BCUT2D eigenvalue weighted by atomic mass is 16.6. The summed E-state index contributed by atoms with van der Waals surface area (Å²) in [7, 11) is 0. The van der Waals surface area contributed by atoms with Crippen molar-refractivity contribution >= 4 is 23.1 Å². The van der Waals surface area contributed by atoms with Gasteiger partial charge in [0.1, 0.15) is 5.75 Å². The number of nitro groups is 1. The van der Waals surface area contributed by atoms with E-state index in [1.54, 1.807) is 37.3 Å². The first kappa shape index (κ1) is 17.1. The molecule has 24 heavy (non-hydrogen) atoms. The monoisotopic (exact) mass is 328 g/mol. The van der Waals surface area contributed by atoms with Crippen molar-refractivity contribution < 1.29 is 19.2 Å². The van der Waals surface area contributed by atoms with Gasteiger partial charge in [0.15, 0.2) is 12.4 Å². The van der Waals surface area contributed by atoms with Gasteiger partial charge >= 0.3 is 0 Å². The highest BCUT2D eigenvalue weighted by molar-refractivity contribution is 5.94. The fourth-order valence-electron chi connectivity index (χ4n) is 1.98. The quantitative estimate of drug-likeness (QED) is 0.499. The number of ether oxygens (including phenoxy) is 1. The number of Topliss-reactive ketones (excluding diaryl/α,β-unsaturated/α-hetero) is 1. The lowest BCUT2D eigenvalue weighted by atomic mass is 10.1. The lowest BCUT2D eigenvalue weighted by Crippen LogP contribution is -2.20. The van der Waals surface area contributed by atoms with E-state index in [0.29, 0.717) is 22.6 Å². The van der Waals surface area contributed by atoms with E-state index in [4.69, 9.17) is 4.74 Å². The van der Waals surface area contributed by atoms with Crippen molar-refractivity contribution in [3.8, 4) is 5.75 Å². The number of carbonyl (C=O) groups is 2. The number of non-ortho nitro benzene ring substituents is 1. The smallest absolute Gasteiger partial charge is 0.271 e. The molecule has 2 aromatic carbocycles. The highest BCUT2D eigenvalue weighted by Gasteiger charge is 2.11. The summed E-state index contributed by atoms with van der Waals surface area (Å²) in [6, 6.07) is 10.7. The number of hydrogen-bond acceptors (Lipinski definition) is 5. The standard InChI is InChI=1S/C17H16N2O5/c1-11-3-6-14(19(22)23)9-16(11)18-17(21)10-24-15-7-4-13(5-8-15)12(2)20/h3-9H,10H2,1-2H3,(H,18,21). The molecule has 0 saturated carbocycles. The molecule has 0 radical (unpaired) electrons. The Balaban J connectivity index is 1.97. The van der Waals surface area contributed by atoms with Crippen LogP contribution in [0.2, 0.25) is 0 Å². The predicted molar refractivity (Wildman–Crippen MR) is 88.4 cm³/mol. The number of nitrogens with zero attached hydrogens (tertiary/aromatic N) is 1. The van der Waals surface area contributed by atoms with Gasteiger partial charge in [-0.05, 0) is 43.7 Å². The maximum Gasteiger partial charge on any atom is 0.271 e. The van der Waals surface area contributed by atoms with Crippen LogP contribution >= 0.6 is 0 Å². The van der Waals surface area contributed by atoms with Crippen LogP contribution in [0.1, 0.15) is 22.8 Å². The minimum Gasteiger partial charge on any atom is -0.484 e. The highest BCUT2D eigenvalue weighted by Crippen LogP contribution is 2.21. The number of amides is 1. The molecule has 124 valence electrons. The molecule has 2 rings (SSSR count).